The second-order valence-corrected chi connectivity index (χ2v) is 31.7. The summed E-state index contributed by atoms with van der Waals surface area (Å²) >= 11 is 13.5. The molecule has 0 saturated carbocycles. The van der Waals surface area contributed by atoms with Crippen molar-refractivity contribution in [2.75, 3.05) is 26.6 Å². The third kappa shape index (κ3) is 22.2. The van der Waals surface area contributed by atoms with Crippen LogP contribution in [0.5, 0.6) is 0 Å². The van der Waals surface area contributed by atoms with Crippen molar-refractivity contribution >= 4 is 92.5 Å². The minimum absolute atomic E-state index is 0.00161. The van der Waals surface area contributed by atoms with Gasteiger partial charge in [-0.05, 0) is 174 Å². The molecule has 20 rings (SSSR count). The molecule has 690 valence electrons. The maximum atomic E-state index is 13.7. The SMILES string of the molecule is Cc1nc(-c2cc(-c3ccc(NC(=O)c4c(F)cccc4F)cc3)n(C)n2)no1.Cc1nc(-c2cc(-c3ccc(NC(=O)c4ccccc4Cl)cc3)n(C)n2)no1.Cc1nc(-c2cc(-c3ccc(NC(=O)c4ccccc4F)cc3)n(C)n2)no1.Cc1ncsc1C(=O)Nc1ccc(-c2cc(-c3ncon3)nn2C)cc1.Cn1nc(-c2ncon2)cc1-c1ccc(NC(=O)c2ccccc2Cl)cc1. The van der Waals surface area contributed by atoms with E-state index in [1.807, 2.05) is 150 Å². The lowest BCUT2D eigenvalue weighted by atomic mass is 10.1. The molecule has 9 aromatic carbocycles. The van der Waals surface area contributed by atoms with Crippen LogP contribution in [0, 0.1) is 45.1 Å². The van der Waals surface area contributed by atoms with Crippen molar-refractivity contribution in [3.8, 4) is 114 Å². The molecule has 36 nitrogen and oxygen atoms in total. The average Bonchev–Trinajstić information content (AvgIpc) is 1.73. The number of nitrogens with zero attached hydrogens (tertiary/aromatic N) is 21. The molecule has 0 aliphatic carbocycles. The first-order valence-electron chi connectivity index (χ1n) is 41.5. The quantitative estimate of drug-likeness (QED) is 0.0473. The summed E-state index contributed by atoms with van der Waals surface area (Å²) in [6.45, 7) is 6.96. The van der Waals surface area contributed by atoms with Crippen molar-refractivity contribution in [1.82, 2.24) is 105 Å². The van der Waals surface area contributed by atoms with Crippen LogP contribution in [0.25, 0.3) is 114 Å². The zero-order chi connectivity index (χ0) is 96.8. The molecule has 20 aromatic rings. The fraction of sp³-hybridized carbons (Fsp3) is 0.0938. The van der Waals surface area contributed by atoms with E-state index in [-0.39, 0.29) is 23.3 Å². The van der Waals surface area contributed by atoms with Crippen molar-refractivity contribution in [2.24, 2.45) is 35.2 Å². The van der Waals surface area contributed by atoms with Gasteiger partial charge in [-0.25, -0.2) is 18.2 Å². The first kappa shape index (κ1) is 93.3. The number of halogens is 5. The summed E-state index contributed by atoms with van der Waals surface area (Å²) in [5.41, 5.74) is 17.6. The Morgan fingerprint density at radius 2 is 0.601 bits per heavy atom. The van der Waals surface area contributed by atoms with E-state index < -0.39 is 34.8 Å². The Morgan fingerprint density at radius 1 is 0.319 bits per heavy atom. The third-order valence-corrected chi connectivity index (χ3v) is 22.1. The van der Waals surface area contributed by atoms with E-state index in [0.29, 0.717) is 130 Å². The fourth-order valence-electron chi connectivity index (χ4n) is 13.8. The minimum Gasteiger partial charge on any atom is -0.342 e. The fourth-order valence-corrected chi connectivity index (χ4v) is 14.9. The Balaban J connectivity index is 0.000000125. The van der Waals surface area contributed by atoms with Crippen LogP contribution >= 0.6 is 34.5 Å². The van der Waals surface area contributed by atoms with E-state index >= 15 is 0 Å². The summed E-state index contributed by atoms with van der Waals surface area (Å²) in [6.07, 6.45) is 2.53. The molecule has 0 bridgehead atoms. The average molecular weight is 1910 g/mol. The second-order valence-electron chi connectivity index (χ2n) is 30.1. The zero-order valence-corrected chi connectivity index (χ0v) is 76.4. The predicted molar refractivity (Wildman–Crippen MR) is 506 cm³/mol. The van der Waals surface area contributed by atoms with E-state index in [1.54, 1.807) is 154 Å². The highest BCUT2D eigenvalue weighted by Gasteiger charge is 2.24. The van der Waals surface area contributed by atoms with Gasteiger partial charge in [0.05, 0.1) is 66.4 Å². The molecule has 0 unspecified atom stereocenters. The second kappa shape index (κ2) is 41.9. The number of nitrogens with one attached hydrogen (secondary N) is 5. The van der Waals surface area contributed by atoms with Crippen molar-refractivity contribution in [2.45, 2.75) is 27.7 Å². The molecule has 42 heteroatoms. The lowest BCUT2D eigenvalue weighted by Crippen LogP contribution is -2.15. The highest BCUT2D eigenvalue weighted by molar-refractivity contribution is 7.12. The molecule has 0 radical (unpaired) electrons. The van der Waals surface area contributed by atoms with Crippen LogP contribution in [0.3, 0.4) is 0 Å². The van der Waals surface area contributed by atoms with Crippen LogP contribution < -0.4 is 26.6 Å². The number of aromatic nitrogens is 21. The molecule has 0 fully saturated rings. The van der Waals surface area contributed by atoms with Gasteiger partial charge >= 0.3 is 0 Å². The van der Waals surface area contributed by atoms with Crippen molar-refractivity contribution in [1.29, 1.82) is 0 Å². The maximum absolute atomic E-state index is 13.7. The van der Waals surface area contributed by atoms with Crippen molar-refractivity contribution in [3.63, 3.8) is 0 Å². The van der Waals surface area contributed by atoms with Crippen molar-refractivity contribution in [3.05, 3.63) is 339 Å². The number of rotatable bonds is 20. The number of amides is 5. The van der Waals surface area contributed by atoms with E-state index in [9.17, 15) is 37.1 Å². The first-order chi connectivity index (χ1) is 66.7. The Morgan fingerprint density at radius 3 is 0.884 bits per heavy atom. The molecule has 0 atom stereocenters. The van der Waals surface area contributed by atoms with Crippen LogP contribution in [0.1, 0.15) is 74.5 Å². The van der Waals surface area contributed by atoms with Crippen molar-refractivity contribution < 1.29 is 59.8 Å². The van der Waals surface area contributed by atoms with Gasteiger partial charge < -0.3 is 49.2 Å². The van der Waals surface area contributed by atoms with Crippen LogP contribution in [-0.4, -0.2) is 134 Å². The standard InChI is InChI=1S/C20H16ClN5O2.C20H15F2N5O2.C20H16FN5O2.C19H14ClN5O2.C17H14N6O2S/c1-12-22-19(25-28-12)17-11-18(26(2)24-17)13-7-9-14(10-8-13)23-20(27)15-5-3-4-6-16(15)21;1-11-23-19(26-29-11)16-10-17(27(2)25-16)12-6-8-13(9-7-12)24-20(28)18-14(21)4-3-5-15(18)22;1-12-22-19(25-28-12)17-11-18(26(2)24-17)13-7-9-14(10-8-13)23-20(27)15-5-3-4-6-16(15)21;1-25-17(10-16(23-25)18-21-11-27-24-18)12-6-8-13(9-7-12)22-19(26)14-4-2-3-5-15(14)20;1-10-15(26-9-19-10)17(24)20-12-5-3-11(4-6-12)14-7-13(21-23(14)2)16-18-8-25-22-16/h3-11H,1-2H3,(H,23,27);3-10H,1-2H3,(H,24,28);3-11H,1-2H3,(H,23,27);2-11H,1H3,(H,22,26);3-9H,1-2H3,(H,20,24). The molecular weight excluding hydrogens is 1840 g/mol. The Kier molecular flexibility index (Phi) is 28.3. The summed E-state index contributed by atoms with van der Waals surface area (Å²) in [6, 6.07) is 68.7. The van der Waals surface area contributed by atoms with Gasteiger partial charge in [-0.1, -0.05) is 152 Å². The van der Waals surface area contributed by atoms with Crippen LogP contribution in [0.15, 0.2) is 284 Å². The van der Waals surface area contributed by atoms with Crippen LogP contribution in [0.2, 0.25) is 10.0 Å². The van der Waals surface area contributed by atoms with Gasteiger partial charge in [0.15, 0.2) is 0 Å². The zero-order valence-electron chi connectivity index (χ0n) is 74.1. The Bertz CT molecular complexity index is 7540. The summed E-state index contributed by atoms with van der Waals surface area (Å²) < 4.78 is 74.4. The smallest absolute Gasteiger partial charge is 0.267 e. The topological polar surface area (TPSA) is 442 Å². The van der Waals surface area contributed by atoms with Gasteiger partial charge in [0.2, 0.25) is 59.6 Å². The van der Waals surface area contributed by atoms with Gasteiger partial charge in [-0.3, -0.25) is 47.4 Å². The molecule has 0 aliphatic rings. The predicted octanol–water partition coefficient (Wildman–Crippen LogP) is 19.4. The van der Waals surface area contributed by atoms with E-state index in [4.69, 9.17) is 45.8 Å². The molecular formula is C96H75Cl2F3N26O10S. The first-order valence-corrected chi connectivity index (χ1v) is 43.1. The third-order valence-electron chi connectivity index (χ3n) is 20.5. The number of thiazole rings is 1. The largest absolute Gasteiger partial charge is 0.342 e. The summed E-state index contributed by atoms with van der Waals surface area (Å²) in [4.78, 5) is 86.7. The Hall–Kier alpha value is -17.9. The lowest BCUT2D eigenvalue weighted by molar-refractivity contribution is 0.101. The monoisotopic (exact) mass is 1910 g/mol. The summed E-state index contributed by atoms with van der Waals surface area (Å²) in [5.74, 6) is -0.888. The van der Waals surface area contributed by atoms with Crippen LogP contribution in [-0.2, 0) is 35.2 Å². The highest BCUT2D eigenvalue weighted by atomic mass is 35.5. The molecule has 138 heavy (non-hydrogen) atoms. The Labute approximate surface area is 794 Å². The number of benzene rings is 9. The molecule has 0 aliphatic heterocycles. The number of hydrogen-bond acceptors (Lipinski definition) is 27. The van der Waals surface area contributed by atoms with Gasteiger partial charge in [0, 0.05) is 84.4 Å². The molecule has 0 saturated heterocycles. The highest BCUT2D eigenvalue weighted by Crippen LogP contribution is 2.34. The summed E-state index contributed by atoms with van der Waals surface area (Å²) in [7, 11) is 9.13. The molecule has 0 spiro atoms. The van der Waals surface area contributed by atoms with Gasteiger partial charge in [0.1, 0.15) is 56.4 Å². The minimum atomic E-state index is -0.918. The van der Waals surface area contributed by atoms with Gasteiger partial charge in [-0.15, -0.1) is 11.3 Å². The molecule has 5 N–H and O–H groups in total. The van der Waals surface area contributed by atoms with E-state index in [0.717, 1.165) is 74.1 Å². The number of anilines is 5. The molecule has 11 aromatic heterocycles. The van der Waals surface area contributed by atoms with Gasteiger partial charge in [0.25, 0.3) is 29.5 Å². The molecule has 11 heterocycles. The van der Waals surface area contributed by atoms with Crippen LogP contribution in [0.4, 0.5) is 41.6 Å². The number of hydrogen-bond donors (Lipinski definition) is 5. The maximum Gasteiger partial charge on any atom is 0.267 e. The number of aryl methyl sites for hydroxylation is 9. The molecule has 5 amide bonds. The van der Waals surface area contributed by atoms with E-state index in [1.165, 1.54) is 42.3 Å². The van der Waals surface area contributed by atoms with Gasteiger partial charge in [-0.2, -0.15) is 50.4 Å². The normalized spacial score (nSPS) is 10.8. The lowest BCUT2D eigenvalue weighted by Gasteiger charge is -2.08. The number of carbonyl (C=O) groups is 5. The summed E-state index contributed by atoms with van der Waals surface area (Å²) in [5, 5.41) is 55.8. The van der Waals surface area contributed by atoms with E-state index in [2.05, 4.69) is 108 Å². The number of carbonyl (C=O) groups excluding carboxylic acids is 5.